The molecule has 0 aromatic rings. The van der Waals surface area contributed by atoms with Crippen LogP contribution in [-0.4, -0.2) is 49.2 Å². The van der Waals surface area contributed by atoms with E-state index in [4.69, 9.17) is 37.6 Å². The number of aliphatic imine (C=N–C) groups is 2. The predicted molar refractivity (Wildman–Crippen MR) is 160 cm³/mol. The fourth-order valence-electron chi connectivity index (χ4n) is 6.37. The van der Waals surface area contributed by atoms with Gasteiger partial charge in [0, 0.05) is 17.4 Å². The van der Waals surface area contributed by atoms with Gasteiger partial charge in [0.2, 0.25) is 0 Å². The summed E-state index contributed by atoms with van der Waals surface area (Å²) in [5, 5.41) is 0.466. The molecule has 8 unspecified atom stereocenters. The molecular formula is C29H54Cl2N2OSi. The van der Waals surface area contributed by atoms with E-state index in [0.717, 1.165) is 50.8 Å². The van der Waals surface area contributed by atoms with E-state index in [9.17, 15) is 0 Å². The van der Waals surface area contributed by atoms with Gasteiger partial charge in [0.15, 0.2) is 8.32 Å². The summed E-state index contributed by atoms with van der Waals surface area (Å²) in [5.41, 5.74) is 2.32. The first kappa shape index (κ1) is 31.3. The Morgan fingerprint density at radius 1 is 0.771 bits per heavy atom. The summed E-state index contributed by atoms with van der Waals surface area (Å²) >= 11 is 13.7. The Bertz CT molecular complexity index is 693. The molecule has 0 aliphatic heterocycles. The van der Waals surface area contributed by atoms with Gasteiger partial charge in [-0.1, -0.05) is 40.5 Å². The fourth-order valence-corrected chi connectivity index (χ4v) is 8.03. The standard InChI is InChI=1S/C29H54Cl2N2OSi/c1-9-21-15-17-25(30)23(11-3)28(21)32-20(5)27(14-13-19-34-35(6,7)8)33-29-22(10-2)16-18-26(31)24(29)12-4/h21-26,28-29H,9-19H2,1-8H3. The Morgan fingerprint density at radius 2 is 1.26 bits per heavy atom. The molecule has 35 heavy (non-hydrogen) atoms. The van der Waals surface area contributed by atoms with Crippen molar-refractivity contribution in [2.45, 2.75) is 141 Å². The molecule has 2 saturated carbocycles. The van der Waals surface area contributed by atoms with E-state index in [-0.39, 0.29) is 10.8 Å². The van der Waals surface area contributed by atoms with Crippen molar-refractivity contribution >= 4 is 42.9 Å². The summed E-state index contributed by atoms with van der Waals surface area (Å²) in [5.74, 6) is 2.14. The number of alkyl halides is 2. The molecule has 2 aliphatic carbocycles. The highest BCUT2D eigenvalue weighted by Gasteiger charge is 2.38. The first-order chi connectivity index (χ1) is 16.6. The topological polar surface area (TPSA) is 34.0 Å². The molecule has 0 amide bonds. The molecule has 2 rings (SSSR count). The van der Waals surface area contributed by atoms with Crippen LogP contribution in [0.25, 0.3) is 0 Å². The molecule has 2 fully saturated rings. The van der Waals surface area contributed by atoms with E-state index < -0.39 is 8.32 Å². The number of hydrogen-bond donors (Lipinski definition) is 0. The van der Waals surface area contributed by atoms with E-state index in [0.29, 0.717) is 35.8 Å². The lowest BCUT2D eigenvalue weighted by Gasteiger charge is -2.39. The zero-order valence-electron chi connectivity index (χ0n) is 24.0. The number of hydrogen-bond acceptors (Lipinski definition) is 3. The quantitative estimate of drug-likeness (QED) is 0.104. The van der Waals surface area contributed by atoms with E-state index in [2.05, 4.69) is 54.3 Å². The van der Waals surface area contributed by atoms with Crippen molar-refractivity contribution in [1.29, 1.82) is 0 Å². The maximum Gasteiger partial charge on any atom is 0.183 e. The molecule has 0 spiro atoms. The van der Waals surface area contributed by atoms with Crippen molar-refractivity contribution in [3.05, 3.63) is 0 Å². The second kappa shape index (κ2) is 14.9. The molecule has 3 nitrogen and oxygen atoms in total. The van der Waals surface area contributed by atoms with Gasteiger partial charge in [-0.05, 0) is 102 Å². The minimum atomic E-state index is -1.51. The summed E-state index contributed by atoms with van der Waals surface area (Å²) < 4.78 is 6.19. The highest BCUT2D eigenvalue weighted by Crippen LogP contribution is 2.40. The molecule has 204 valence electrons. The molecule has 0 heterocycles. The zero-order chi connectivity index (χ0) is 26.2. The normalized spacial score (nSPS) is 35.4. The van der Waals surface area contributed by atoms with Gasteiger partial charge in [0.05, 0.1) is 23.5 Å². The van der Waals surface area contributed by atoms with Crippen LogP contribution in [0.1, 0.15) is 98.8 Å². The van der Waals surface area contributed by atoms with Crippen molar-refractivity contribution in [2.75, 3.05) is 6.61 Å². The Balaban J connectivity index is 2.39. The van der Waals surface area contributed by atoms with Crippen LogP contribution in [0.5, 0.6) is 0 Å². The van der Waals surface area contributed by atoms with Crippen molar-refractivity contribution in [3.63, 3.8) is 0 Å². The highest BCUT2D eigenvalue weighted by molar-refractivity contribution is 6.69. The van der Waals surface area contributed by atoms with Crippen molar-refractivity contribution in [2.24, 2.45) is 33.7 Å². The van der Waals surface area contributed by atoms with Crippen LogP contribution in [0.2, 0.25) is 19.6 Å². The summed E-state index contributed by atoms with van der Waals surface area (Å²) in [6.45, 7) is 19.0. The molecule has 0 N–H and O–H groups in total. The number of nitrogens with zero attached hydrogens (tertiary/aromatic N) is 2. The Labute approximate surface area is 228 Å². The molecule has 0 aromatic carbocycles. The second-order valence-corrected chi connectivity index (χ2v) is 17.6. The fraction of sp³-hybridized carbons (Fsp3) is 0.931. The molecule has 2 aliphatic rings. The first-order valence-electron chi connectivity index (χ1n) is 14.6. The molecule has 0 bridgehead atoms. The van der Waals surface area contributed by atoms with Crippen LogP contribution in [0.15, 0.2) is 9.98 Å². The van der Waals surface area contributed by atoms with Crippen molar-refractivity contribution in [3.8, 4) is 0 Å². The van der Waals surface area contributed by atoms with Gasteiger partial charge in [-0.15, -0.1) is 23.2 Å². The Hall–Kier alpha value is 0.0969. The number of halogens is 2. The van der Waals surface area contributed by atoms with Crippen LogP contribution in [0.4, 0.5) is 0 Å². The first-order valence-corrected chi connectivity index (χ1v) is 18.9. The summed E-state index contributed by atoms with van der Waals surface area (Å²) in [4.78, 5) is 11.0. The average Bonchev–Trinajstić information content (AvgIpc) is 2.80. The lowest BCUT2D eigenvalue weighted by Crippen LogP contribution is -2.40. The van der Waals surface area contributed by atoms with E-state index in [1.165, 1.54) is 31.4 Å². The van der Waals surface area contributed by atoms with Gasteiger partial charge >= 0.3 is 0 Å². The third-order valence-corrected chi connectivity index (χ3v) is 10.7. The minimum Gasteiger partial charge on any atom is -0.418 e. The second-order valence-electron chi connectivity index (χ2n) is 12.0. The highest BCUT2D eigenvalue weighted by atomic mass is 35.5. The van der Waals surface area contributed by atoms with Crippen LogP contribution in [-0.2, 0) is 4.43 Å². The van der Waals surface area contributed by atoms with Crippen molar-refractivity contribution in [1.82, 2.24) is 0 Å². The third-order valence-electron chi connectivity index (χ3n) is 8.55. The maximum absolute atomic E-state index is 6.86. The van der Waals surface area contributed by atoms with Gasteiger partial charge in [-0.25, -0.2) is 0 Å². The molecule has 8 atom stereocenters. The van der Waals surface area contributed by atoms with Crippen LogP contribution >= 0.6 is 23.2 Å². The molecule has 6 heteroatoms. The van der Waals surface area contributed by atoms with Crippen molar-refractivity contribution < 1.29 is 4.43 Å². The SMILES string of the molecule is CCC1CCC(Cl)C(CC)C1N=C(C)C(CCCO[Si](C)(C)C)=NC1C(CC)CCC(Cl)C1CC. The van der Waals surface area contributed by atoms with Gasteiger partial charge in [0.25, 0.3) is 0 Å². The van der Waals surface area contributed by atoms with Gasteiger partial charge < -0.3 is 4.43 Å². The van der Waals surface area contributed by atoms with Crippen LogP contribution in [0, 0.1) is 23.7 Å². The smallest absolute Gasteiger partial charge is 0.183 e. The van der Waals surface area contributed by atoms with Crippen LogP contribution in [0.3, 0.4) is 0 Å². The average molecular weight is 546 g/mol. The van der Waals surface area contributed by atoms with E-state index in [1.807, 2.05) is 0 Å². The molecule has 0 radical (unpaired) electrons. The molecule has 0 saturated heterocycles. The summed E-state index contributed by atoms with van der Waals surface area (Å²) in [7, 11) is -1.51. The molecule has 0 aromatic heterocycles. The third kappa shape index (κ3) is 9.11. The summed E-state index contributed by atoms with van der Waals surface area (Å²) in [6.07, 6.45) is 11.1. The number of rotatable bonds is 12. The Kier molecular flexibility index (Phi) is 13.3. The maximum atomic E-state index is 6.86. The van der Waals surface area contributed by atoms with Crippen LogP contribution < -0.4 is 0 Å². The lowest BCUT2D eigenvalue weighted by molar-refractivity contribution is 0.215. The van der Waals surface area contributed by atoms with Gasteiger partial charge in [-0.3, -0.25) is 9.98 Å². The Morgan fingerprint density at radius 3 is 1.69 bits per heavy atom. The predicted octanol–water partition coefficient (Wildman–Crippen LogP) is 9.16. The van der Waals surface area contributed by atoms with Gasteiger partial charge in [-0.2, -0.15) is 0 Å². The van der Waals surface area contributed by atoms with Gasteiger partial charge in [0.1, 0.15) is 0 Å². The minimum absolute atomic E-state index is 0.231. The lowest BCUT2D eigenvalue weighted by atomic mass is 9.74. The zero-order valence-corrected chi connectivity index (χ0v) is 26.5. The van der Waals surface area contributed by atoms with E-state index in [1.54, 1.807) is 0 Å². The largest absolute Gasteiger partial charge is 0.418 e. The molecular weight excluding hydrogens is 491 g/mol. The van der Waals surface area contributed by atoms with E-state index >= 15 is 0 Å². The summed E-state index contributed by atoms with van der Waals surface area (Å²) in [6, 6.07) is 0.608. The monoisotopic (exact) mass is 544 g/mol.